The number of benzene rings is 2. The van der Waals surface area contributed by atoms with Crippen LogP contribution in [0.4, 0.5) is 39.3 Å². The molecule has 1 atom stereocenters. The van der Waals surface area contributed by atoms with E-state index in [4.69, 9.17) is 0 Å². The molecule has 3 N–H and O–H groups in total. The van der Waals surface area contributed by atoms with Crippen LogP contribution in [-0.4, -0.2) is 27.4 Å². The first-order valence-electron chi connectivity index (χ1n) is 9.19. The molecule has 1 amide bonds. The van der Waals surface area contributed by atoms with Gasteiger partial charge in [0.05, 0.1) is 0 Å². The Kier molecular flexibility index (Phi) is 6.68. The van der Waals surface area contributed by atoms with Gasteiger partial charge in [-0.3, -0.25) is 4.79 Å². The average molecular weight is 452 g/mol. The molecule has 0 saturated heterocycles. The summed E-state index contributed by atoms with van der Waals surface area (Å²) in [5.41, 5.74) is 0.585. The van der Waals surface area contributed by atoms with E-state index >= 15 is 0 Å². The third-order valence-electron chi connectivity index (χ3n) is 4.28. The standard InChI is InChI=1S/C21H17F5N4O2/c1-11(31)28-15-8-14(12-2-4-13(5-3-12)18(32)19(22)23)9-16(10-15)29-20-27-7-6-17(30-20)21(24,25)26/h2-10,18-19,32H,1H3,(H,28,31)(H,27,29,30)/t18-/m1/s1. The van der Waals surface area contributed by atoms with E-state index < -0.39 is 24.4 Å². The minimum absolute atomic E-state index is 0.0254. The lowest BCUT2D eigenvalue weighted by Crippen LogP contribution is -2.10. The molecule has 0 fully saturated rings. The lowest BCUT2D eigenvalue weighted by molar-refractivity contribution is -0.141. The van der Waals surface area contributed by atoms with Crippen LogP contribution in [0.2, 0.25) is 0 Å². The Morgan fingerprint density at radius 3 is 2.25 bits per heavy atom. The molecule has 32 heavy (non-hydrogen) atoms. The topological polar surface area (TPSA) is 87.1 Å². The van der Waals surface area contributed by atoms with Gasteiger partial charge in [-0.1, -0.05) is 24.3 Å². The SMILES string of the molecule is CC(=O)Nc1cc(Nc2nccc(C(F)(F)F)n2)cc(-c2ccc([C@@H](O)C(F)F)cc2)c1. The fourth-order valence-corrected chi connectivity index (χ4v) is 2.87. The molecule has 0 aliphatic carbocycles. The van der Waals surface area contributed by atoms with Gasteiger partial charge < -0.3 is 15.7 Å². The van der Waals surface area contributed by atoms with E-state index in [1.807, 2.05) is 0 Å². The number of nitrogens with zero attached hydrogens (tertiary/aromatic N) is 2. The van der Waals surface area contributed by atoms with E-state index in [-0.39, 0.29) is 23.1 Å². The summed E-state index contributed by atoms with van der Waals surface area (Å²) in [6.07, 6.45) is -8.55. The van der Waals surface area contributed by atoms with Gasteiger partial charge in [0.1, 0.15) is 11.8 Å². The zero-order chi connectivity index (χ0) is 23.5. The number of carbonyl (C=O) groups is 1. The predicted molar refractivity (Wildman–Crippen MR) is 107 cm³/mol. The number of aliphatic hydroxyl groups is 1. The second kappa shape index (κ2) is 9.27. The maximum absolute atomic E-state index is 12.9. The van der Waals surface area contributed by atoms with Crippen molar-refractivity contribution in [3.63, 3.8) is 0 Å². The summed E-state index contributed by atoms with van der Waals surface area (Å²) in [4.78, 5) is 18.7. The van der Waals surface area contributed by atoms with Gasteiger partial charge in [0.25, 0.3) is 6.43 Å². The Bertz CT molecular complexity index is 1100. The summed E-state index contributed by atoms with van der Waals surface area (Å²) in [6, 6.07) is 11.0. The van der Waals surface area contributed by atoms with Gasteiger partial charge in [-0.2, -0.15) is 13.2 Å². The molecule has 1 heterocycles. The van der Waals surface area contributed by atoms with Gasteiger partial charge in [-0.05, 0) is 41.0 Å². The second-order valence-corrected chi connectivity index (χ2v) is 6.77. The molecule has 6 nitrogen and oxygen atoms in total. The first-order chi connectivity index (χ1) is 15.0. The van der Waals surface area contributed by atoms with Crippen LogP contribution in [0, 0.1) is 0 Å². The number of alkyl halides is 5. The highest BCUT2D eigenvalue weighted by Crippen LogP contribution is 2.31. The Hall–Kier alpha value is -3.60. The normalized spacial score (nSPS) is 12.5. The third-order valence-corrected chi connectivity index (χ3v) is 4.28. The maximum atomic E-state index is 12.9. The highest BCUT2D eigenvalue weighted by atomic mass is 19.4. The highest BCUT2D eigenvalue weighted by molar-refractivity contribution is 5.91. The average Bonchev–Trinajstić information content (AvgIpc) is 2.72. The van der Waals surface area contributed by atoms with Gasteiger partial charge >= 0.3 is 6.18 Å². The van der Waals surface area contributed by atoms with Crippen molar-refractivity contribution in [3.05, 3.63) is 66.0 Å². The largest absolute Gasteiger partial charge is 0.433 e. The minimum atomic E-state index is -4.65. The molecule has 3 rings (SSSR count). The van der Waals surface area contributed by atoms with Gasteiger partial charge in [-0.25, -0.2) is 18.7 Å². The van der Waals surface area contributed by atoms with Crippen LogP contribution in [0.5, 0.6) is 0 Å². The molecule has 0 bridgehead atoms. The summed E-state index contributed by atoms with van der Waals surface area (Å²) >= 11 is 0. The number of amides is 1. The van der Waals surface area contributed by atoms with Crippen LogP contribution in [0.25, 0.3) is 11.1 Å². The van der Waals surface area contributed by atoms with Gasteiger partial charge in [0, 0.05) is 24.5 Å². The van der Waals surface area contributed by atoms with Crippen molar-refractivity contribution in [1.82, 2.24) is 9.97 Å². The fraction of sp³-hybridized carbons (Fsp3) is 0.190. The van der Waals surface area contributed by atoms with Crippen LogP contribution < -0.4 is 10.6 Å². The lowest BCUT2D eigenvalue weighted by atomic mass is 10.0. The Labute approximate surface area is 179 Å². The molecule has 2 aromatic carbocycles. The maximum Gasteiger partial charge on any atom is 0.433 e. The number of anilines is 3. The molecular weight excluding hydrogens is 435 g/mol. The first kappa shape index (κ1) is 23.1. The smallest absolute Gasteiger partial charge is 0.382 e. The van der Waals surface area contributed by atoms with E-state index in [0.29, 0.717) is 16.8 Å². The Morgan fingerprint density at radius 1 is 1.00 bits per heavy atom. The molecule has 0 aliphatic rings. The summed E-state index contributed by atoms with van der Waals surface area (Å²) in [5.74, 6) is -0.681. The van der Waals surface area contributed by atoms with Crippen LogP contribution in [-0.2, 0) is 11.0 Å². The zero-order valence-electron chi connectivity index (χ0n) is 16.5. The molecule has 1 aromatic heterocycles. The molecule has 0 aliphatic heterocycles. The highest BCUT2D eigenvalue weighted by Gasteiger charge is 2.32. The van der Waals surface area contributed by atoms with E-state index in [1.165, 1.54) is 37.3 Å². The molecule has 168 valence electrons. The number of aromatic nitrogens is 2. The van der Waals surface area contributed by atoms with E-state index in [9.17, 15) is 31.9 Å². The number of rotatable bonds is 6. The molecule has 11 heteroatoms. The molecule has 0 spiro atoms. The monoisotopic (exact) mass is 452 g/mol. The van der Waals surface area contributed by atoms with E-state index in [2.05, 4.69) is 20.6 Å². The van der Waals surface area contributed by atoms with Crippen molar-refractivity contribution in [1.29, 1.82) is 0 Å². The number of nitrogens with one attached hydrogen (secondary N) is 2. The van der Waals surface area contributed by atoms with Crippen molar-refractivity contribution < 1.29 is 31.9 Å². The fourth-order valence-electron chi connectivity index (χ4n) is 2.87. The van der Waals surface area contributed by atoms with Gasteiger partial charge in [-0.15, -0.1) is 0 Å². The number of halogens is 5. The molecule has 0 unspecified atom stereocenters. The number of hydrogen-bond acceptors (Lipinski definition) is 5. The lowest BCUT2D eigenvalue weighted by Gasteiger charge is -2.14. The van der Waals surface area contributed by atoms with Crippen LogP contribution in [0.15, 0.2) is 54.7 Å². The van der Waals surface area contributed by atoms with Crippen LogP contribution in [0.1, 0.15) is 24.3 Å². The molecule has 0 saturated carbocycles. The van der Waals surface area contributed by atoms with Crippen molar-refractivity contribution in [2.45, 2.75) is 25.6 Å². The summed E-state index contributed by atoms with van der Waals surface area (Å²) in [5, 5.41) is 14.7. The number of carbonyl (C=O) groups excluding carboxylic acids is 1. The predicted octanol–water partition coefficient (Wildman–Crippen LogP) is 5.16. The quantitative estimate of drug-likeness (QED) is 0.450. The molecule has 3 aromatic rings. The van der Waals surface area contributed by atoms with Gasteiger partial charge in [0.15, 0.2) is 0 Å². The summed E-state index contributed by atoms with van der Waals surface area (Å²) < 4.78 is 64.1. The minimum Gasteiger partial charge on any atom is -0.382 e. The van der Waals surface area contributed by atoms with Crippen LogP contribution in [0.3, 0.4) is 0 Å². The van der Waals surface area contributed by atoms with Gasteiger partial charge in [0.2, 0.25) is 11.9 Å². The zero-order valence-corrected chi connectivity index (χ0v) is 16.5. The van der Waals surface area contributed by atoms with Crippen LogP contribution >= 0.6 is 0 Å². The van der Waals surface area contributed by atoms with E-state index in [0.717, 1.165) is 12.3 Å². The first-order valence-corrected chi connectivity index (χ1v) is 9.19. The molecular formula is C21H17F5N4O2. The number of aliphatic hydroxyl groups excluding tert-OH is 1. The number of hydrogen-bond donors (Lipinski definition) is 3. The third kappa shape index (κ3) is 5.76. The summed E-state index contributed by atoms with van der Waals surface area (Å²) in [6.45, 7) is 1.29. The van der Waals surface area contributed by atoms with E-state index in [1.54, 1.807) is 12.1 Å². The Balaban J connectivity index is 1.96. The van der Waals surface area contributed by atoms with Crippen molar-refractivity contribution in [2.75, 3.05) is 10.6 Å². The van der Waals surface area contributed by atoms with Crippen molar-refractivity contribution in [2.24, 2.45) is 0 Å². The molecule has 0 radical (unpaired) electrons. The second-order valence-electron chi connectivity index (χ2n) is 6.77. The Morgan fingerprint density at radius 2 is 1.66 bits per heavy atom. The summed E-state index contributed by atoms with van der Waals surface area (Å²) in [7, 11) is 0. The van der Waals surface area contributed by atoms with Crippen molar-refractivity contribution >= 4 is 23.2 Å². The van der Waals surface area contributed by atoms with Crippen molar-refractivity contribution in [3.8, 4) is 11.1 Å².